The van der Waals surface area contributed by atoms with E-state index in [2.05, 4.69) is 29.4 Å². The molecule has 0 spiro atoms. The molecule has 0 saturated carbocycles. The molecule has 17 heavy (non-hydrogen) atoms. The van der Waals surface area contributed by atoms with Crippen LogP contribution < -0.4 is 10.1 Å². The molecule has 0 aromatic heterocycles. The molecular weight excluding hydrogens is 212 g/mol. The monoisotopic (exact) mass is 234 g/mol. The van der Waals surface area contributed by atoms with Gasteiger partial charge in [-0.1, -0.05) is 18.2 Å². The van der Waals surface area contributed by atoms with E-state index in [0.717, 1.165) is 18.8 Å². The summed E-state index contributed by atoms with van der Waals surface area (Å²) in [6.07, 6.45) is 2.57. The number of likely N-dealkylation sites (tertiary alicyclic amines) is 1. The third-order valence-electron chi connectivity index (χ3n) is 3.50. The first-order valence-electron chi connectivity index (χ1n) is 6.35. The number of hydrogen-bond acceptors (Lipinski definition) is 3. The highest BCUT2D eigenvalue weighted by Crippen LogP contribution is 2.21. The molecule has 1 aromatic carbocycles. The lowest BCUT2D eigenvalue weighted by molar-refractivity contribution is 0.186. The molecule has 1 aromatic rings. The number of benzene rings is 1. The summed E-state index contributed by atoms with van der Waals surface area (Å²) in [4.78, 5) is 2.50. The maximum absolute atomic E-state index is 5.40. The maximum atomic E-state index is 5.40. The second-order valence-corrected chi connectivity index (χ2v) is 4.67. The summed E-state index contributed by atoms with van der Waals surface area (Å²) in [5.41, 5.74) is 1.28. The highest BCUT2D eigenvalue weighted by atomic mass is 16.5. The molecule has 0 bridgehead atoms. The average Bonchev–Trinajstić information content (AvgIpc) is 2.39. The number of hydrogen-bond donors (Lipinski definition) is 1. The Morgan fingerprint density at radius 2 is 2.24 bits per heavy atom. The van der Waals surface area contributed by atoms with Crippen molar-refractivity contribution in [2.45, 2.75) is 25.4 Å². The minimum absolute atomic E-state index is 0.637. The van der Waals surface area contributed by atoms with Gasteiger partial charge in [0.1, 0.15) is 5.75 Å². The summed E-state index contributed by atoms with van der Waals surface area (Å²) in [5.74, 6) is 0.999. The minimum atomic E-state index is 0.637. The zero-order chi connectivity index (χ0) is 12.1. The van der Waals surface area contributed by atoms with Gasteiger partial charge in [0.15, 0.2) is 0 Å². The summed E-state index contributed by atoms with van der Waals surface area (Å²) in [6, 6.07) is 8.93. The number of nitrogens with one attached hydrogen (secondary N) is 1. The molecule has 1 saturated heterocycles. The van der Waals surface area contributed by atoms with Crippen molar-refractivity contribution in [1.29, 1.82) is 0 Å². The van der Waals surface area contributed by atoms with E-state index in [0.29, 0.717) is 6.04 Å². The molecule has 3 heteroatoms. The first-order chi connectivity index (χ1) is 8.33. The minimum Gasteiger partial charge on any atom is -0.496 e. The van der Waals surface area contributed by atoms with E-state index in [-0.39, 0.29) is 0 Å². The number of nitrogens with zero attached hydrogens (tertiary/aromatic N) is 1. The van der Waals surface area contributed by atoms with Crippen LogP contribution in [-0.4, -0.2) is 38.2 Å². The lowest BCUT2D eigenvalue weighted by Gasteiger charge is -2.32. The fourth-order valence-corrected chi connectivity index (χ4v) is 2.51. The summed E-state index contributed by atoms with van der Waals surface area (Å²) in [7, 11) is 3.79. The smallest absolute Gasteiger partial charge is 0.123 e. The molecule has 1 N–H and O–H groups in total. The quantitative estimate of drug-likeness (QED) is 0.861. The van der Waals surface area contributed by atoms with E-state index in [9.17, 15) is 0 Å². The standard InChI is InChI=1S/C14H22N2O/c1-15-13-7-5-9-16(11-13)10-12-6-3-4-8-14(12)17-2/h3-4,6,8,13,15H,5,7,9-11H2,1-2H3. The fraction of sp³-hybridized carbons (Fsp3) is 0.571. The number of para-hydroxylation sites is 1. The van der Waals surface area contributed by atoms with Crippen LogP contribution >= 0.6 is 0 Å². The highest BCUT2D eigenvalue weighted by Gasteiger charge is 2.19. The zero-order valence-electron chi connectivity index (χ0n) is 10.8. The summed E-state index contributed by atoms with van der Waals surface area (Å²) in [6.45, 7) is 3.31. The van der Waals surface area contributed by atoms with Crippen molar-refractivity contribution in [2.75, 3.05) is 27.2 Å². The molecule has 0 amide bonds. The van der Waals surface area contributed by atoms with Crippen molar-refractivity contribution in [3.05, 3.63) is 29.8 Å². The van der Waals surface area contributed by atoms with Crippen LogP contribution in [0.5, 0.6) is 5.75 Å². The topological polar surface area (TPSA) is 24.5 Å². The van der Waals surface area contributed by atoms with Crippen molar-refractivity contribution in [1.82, 2.24) is 10.2 Å². The molecule has 1 aliphatic heterocycles. The molecule has 1 fully saturated rings. The summed E-state index contributed by atoms with van der Waals surface area (Å²) < 4.78 is 5.40. The van der Waals surface area contributed by atoms with Crippen LogP contribution in [0.25, 0.3) is 0 Å². The van der Waals surface area contributed by atoms with E-state index in [4.69, 9.17) is 4.74 Å². The van der Waals surface area contributed by atoms with Crippen molar-refractivity contribution in [3.8, 4) is 5.75 Å². The predicted molar refractivity (Wildman–Crippen MR) is 70.4 cm³/mol. The molecule has 1 atom stereocenters. The molecule has 1 aliphatic rings. The molecule has 2 rings (SSSR count). The zero-order valence-corrected chi connectivity index (χ0v) is 10.8. The Morgan fingerprint density at radius 3 is 3.00 bits per heavy atom. The second kappa shape index (κ2) is 6.03. The largest absolute Gasteiger partial charge is 0.496 e. The van der Waals surface area contributed by atoms with Gasteiger partial charge in [-0.3, -0.25) is 4.90 Å². The van der Waals surface area contributed by atoms with Gasteiger partial charge in [0.2, 0.25) is 0 Å². The van der Waals surface area contributed by atoms with Gasteiger partial charge < -0.3 is 10.1 Å². The Hall–Kier alpha value is -1.06. The normalized spacial score (nSPS) is 21.4. The van der Waals surface area contributed by atoms with Crippen molar-refractivity contribution in [3.63, 3.8) is 0 Å². The second-order valence-electron chi connectivity index (χ2n) is 4.67. The van der Waals surface area contributed by atoms with E-state index < -0.39 is 0 Å². The van der Waals surface area contributed by atoms with Gasteiger partial charge in [-0.15, -0.1) is 0 Å². The number of methoxy groups -OCH3 is 1. The Bertz CT molecular complexity index is 354. The van der Waals surface area contributed by atoms with Gasteiger partial charge in [0.25, 0.3) is 0 Å². The molecule has 1 unspecified atom stereocenters. The lowest BCUT2D eigenvalue weighted by Crippen LogP contribution is -2.43. The van der Waals surface area contributed by atoms with Gasteiger partial charge in [-0.2, -0.15) is 0 Å². The number of likely N-dealkylation sites (N-methyl/N-ethyl adjacent to an activating group) is 1. The molecule has 94 valence electrons. The van der Waals surface area contributed by atoms with Crippen LogP contribution in [0.15, 0.2) is 24.3 Å². The first kappa shape index (κ1) is 12.4. The third kappa shape index (κ3) is 3.20. The Morgan fingerprint density at radius 1 is 1.41 bits per heavy atom. The van der Waals surface area contributed by atoms with Crippen LogP contribution in [-0.2, 0) is 6.54 Å². The lowest BCUT2D eigenvalue weighted by atomic mass is 10.0. The van der Waals surface area contributed by atoms with Crippen LogP contribution in [0.3, 0.4) is 0 Å². The molecule has 1 heterocycles. The van der Waals surface area contributed by atoms with Gasteiger partial charge in [0, 0.05) is 24.7 Å². The van der Waals surface area contributed by atoms with Gasteiger partial charge in [-0.25, -0.2) is 0 Å². The van der Waals surface area contributed by atoms with Gasteiger partial charge in [-0.05, 0) is 32.5 Å². The van der Waals surface area contributed by atoms with E-state index >= 15 is 0 Å². The highest BCUT2D eigenvalue weighted by molar-refractivity contribution is 5.33. The Kier molecular flexibility index (Phi) is 4.40. The summed E-state index contributed by atoms with van der Waals surface area (Å²) >= 11 is 0. The first-order valence-corrected chi connectivity index (χ1v) is 6.35. The van der Waals surface area contributed by atoms with Crippen LogP contribution in [0, 0.1) is 0 Å². The average molecular weight is 234 g/mol. The van der Waals surface area contributed by atoms with E-state index in [1.165, 1.54) is 24.9 Å². The SMILES string of the molecule is CNC1CCCN(Cc2ccccc2OC)C1. The Labute approximate surface area is 104 Å². The van der Waals surface area contributed by atoms with Crippen LogP contribution in [0.2, 0.25) is 0 Å². The van der Waals surface area contributed by atoms with Crippen LogP contribution in [0.4, 0.5) is 0 Å². The molecular formula is C14H22N2O. The van der Waals surface area contributed by atoms with E-state index in [1.807, 2.05) is 12.1 Å². The Balaban J connectivity index is 2.00. The van der Waals surface area contributed by atoms with Crippen molar-refractivity contribution in [2.24, 2.45) is 0 Å². The number of ether oxygens (including phenoxy) is 1. The molecule has 3 nitrogen and oxygen atoms in total. The van der Waals surface area contributed by atoms with Gasteiger partial charge >= 0.3 is 0 Å². The summed E-state index contributed by atoms with van der Waals surface area (Å²) in [5, 5.41) is 3.38. The fourth-order valence-electron chi connectivity index (χ4n) is 2.51. The molecule has 0 radical (unpaired) electrons. The van der Waals surface area contributed by atoms with Crippen LogP contribution in [0.1, 0.15) is 18.4 Å². The number of piperidine rings is 1. The van der Waals surface area contributed by atoms with Crippen molar-refractivity contribution >= 4 is 0 Å². The third-order valence-corrected chi connectivity index (χ3v) is 3.50. The number of rotatable bonds is 4. The predicted octanol–water partition coefficient (Wildman–Crippen LogP) is 1.88. The molecule has 0 aliphatic carbocycles. The van der Waals surface area contributed by atoms with Gasteiger partial charge in [0.05, 0.1) is 7.11 Å². The van der Waals surface area contributed by atoms with Crippen molar-refractivity contribution < 1.29 is 4.74 Å². The maximum Gasteiger partial charge on any atom is 0.123 e. The van der Waals surface area contributed by atoms with E-state index in [1.54, 1.807) is 7.11 Å².